The summed E-state index contributed by atoms with van der Waals surface area (Å²) < 4.78 is 2.07. The predicted molar refractivity (Wildman–Crippen MR) is 109 cm³/mol. The number of aryl methyl sites for hydroxylation is 1. The van der Waals surface area contributed by atoms with Crippen molar-refractivity contribution in [1.82, 2.24) is 19.7 Å². The molecule has 3 aromatic rings. The van der Waals surface area contributed by atoms with Crippen LogP contribution in [0, 0.1) is 0 Å². The SMILES string of the molecule is CCN(CC)c1ccc(-c2nnc(SCCc3ccncc3)n2C)cc1. The average molecular weight is 368 g/mol. The lowest BCUT2D eigenvalue weighted by Gasteiger charge is -2.21. The largest absolute Gasteiger partial charge is 0.372 e. The number of hydrogen-bond acceptors (Lipinski definition) is 5. The monoisotopic (exact) mass is 367 g/mol. The summed E-state index contributed by atoms with van der Waals surface area (Å²) >= 11 is 1.73. The fourth-order valence-corrected chi connectivity index (χ4v) is 3.81. The second kappa shape index (κ2) is 8.85. The van der Waals surface area contributed by atoms with Crippen LogP contribution in [0.25, 0.3) is 11.4 Å². The van der Waals surface area contributed by atoms with Crippen LogP contribution in [0.15, 0.2) is 53.9 Å². The summed E-state index contributed by atoms with van der Waals surface area (Å²) in [5, 5.41) is 9.71. The molecule has 5 nitrogen and oxygen atoms in total. The zero-order valence-electron chi connectivity index (χ0n) is 15.6. The second-order valence-corrected chi connectivity index (χ2v) is 7.10. The lowest BCUT2D eigenvalue weighted by molar-refractivity contribution is 0.793. The number of thioether (sulfide) groups is 1. The molecule has 0 aliphatic rings. The van der Waals surface area contributed by atoms with E-state index in [1.807, 2.05) is 19.4 Å². The van der Waals surface area contributed by atoms with Gasteiger partial charge in [0.2, 0.25) is 0 Å². The van der Waals surface area contributed by atoms with Crippen LogP contribution in [0.5, 0.6) is 0 Å². The fraction of sp³-hybridized carbons (Fsp3) is 0.350. The smallest absolute Gasteiger partial charge is 0.191 e. The van der Waals surface area contributed by atoms with E-state index in [1.165, 1.54) is 11.3 Å². The van der Waals surface area contributed by atoms with Crippen LogP contribution in [0.2, 0.25) is 0 Å². The van der Waals surface area contributed by atoms with E-state index in [1.54, 1.807) is 11.8 Å². The van der Waals surface area contributed by atoms with Crippen LogP contribution in [0.3, 0.4) is 0 Å². The Morgan fingerprint density at radius 1 is 0.962 bits per heavy atom. The van der Waals surface area contributed by atoms with Crippen molar-refractivity contribution < 1.29 is 0 Å². The van der Waals surface area contributed by atoms with Gasteiger partial charge in [-0.3, -0.25) is 4.98 Å². The number of benzene rings is 1. The molecule has 136 valence electrons. The highest BCUT2D eigenvalue weighted by atomic mass is 32.2. The Morgan fingerprint density at radius 3 is 2.31 bits per heavy atom. The lowest BCUT2D eigenvalue weighted by atomic mass is 10.2. The Hall–Kier alpha value is -2.34. The Kier molecular flexibility index (Phi) is 6.28. The summed E-state index contributed by atoms with van der Waals surface area (Å²) in [6.45, 7) is 6.38. The van der Waals surface area contributed by atoms with Crippen molar-refractivity contribution in [3.8, 4) is 11.4 Å². The van der Waals surface area contributed by atoms with Gasteiger partial charge in [-0.25, -0.2) is 0 Å². The van der Waals surface area contributed by atoms with E-state index in [0.29, 0.717) is 0 Å². The summed E-state index contributed by atoms with van der Waals surface area (Å²) in [7, 11) is 2.03. The molecule has 0 saturated heterocycles. The first-order chi connectivity index (χ1) is 12.7. The maximum Gasteiger partial charge on any atom is 0.191 e. The van der Waals surface area contributed by atoms with E-state index in [2.05, 4.69) is 74.9 Å². The molecule has 0 fully saturated rings. The molecule has 26 heavy (non-hydrogen) atoms. The van der Waals surface area contributed by atoms with Crippen LogP contribution in [0.4, 0.5) is 5.69 Å². The van der Waals surface area contributed by atoms with E-state index in [-0.39, 0.29) is 0 Å². The van der Waals surface area contributed by atoms with Crippen LogP contribution < -0.4 is 4.90 Å². The van der Waals surface area contributed by atoms with E-state index in [9.17, 15) is 0 Å². The van der Waals surface area contributed by atoms with Gasteiger partial charge in [-0.1, -0.05) is 11.8 Å². The number of hydrogen-bond donors (Lipinski definition) is 0. The fourth-order valence-electron chi connectivity index (χ4n) is 2.91. The maximum atomic E-state index is 4.39. The Morgan fingerprint density at radius 2 is 1.65 bits per heavy atom. The minimum absolute atomic E-state index is 0.905. The van der Waals surface area contributed by atoms with Gasteiger partial charge in [-0.15, -0.1) is 10.2 Å². The zero-order valence-corrected chi connectivity index (χ0v) is 16.4. The highest BCUT2D eigenvalue weighted by Crippen LogP contribution is 2.25. The number of nitrogens with zero attached hydrogens (tertiary/aromatic N) is 5. The molecule has 2 aromatic heterocycles. The first-order valence-corrected chi connectivity index (χ1v) is 9.98. The average Bonchev–Trinajstić information content (AvgIpc) is 3.05. The van der Waals surface area contributed by atoms with Gasteiger partial charge in [0, 0.05) is 49.5 Å². The van der Waals surface area contributed by atoms with Crippen LogP contribution in [0.1, 0.15) is 19.4 Å². The van der Waals surface area contributed by atoms with Gasteiger partial charge >= 0.3 is 0 Å². The minimum atomic E-state index is 0.905. The molecule has 0 saturated carbocycles. The first-order valence-electron chi connectivity index (χ1n) is 8.99. The van der Waals surface area contributed by atoms with Crippen LogP contribution >= 0.6 is 11.8 Å². The minimum Gasteiger partial charge on any atom is -0.372 e. The topological polar surface area (TPSA) is 46.8 Å². The Bertz CT molecular complexity index is 810. The molecule has 0 spiro atoms. The van der Waals surface area contributed by atoms with Gasteiger partial charge in [-0.2, -0.15) is 0 Å². The van der Waals surface area contributed by atoms with Gasteiger partial charge in [0.15, 0.2) is 11.0 Å². The molecule has 1 aromatic carbocycles. The molecular weight excluding hydrogens is 342 g/mol. The second-order valence-electron chi connectivity index (χ2n) is 6.04. The molecule has 2 heterocycles. The van der Waals surface area contributed by atoms with Gasteiger partial charge < -0.3 is 9.47 Å². The third kappa shape index (κ3) is 4.25. The summed E-state index contributed by atoms with van der Waals surface area (Å²) in [6, 6.07) is 12.7. The van der Waals surface area contributed by atoms with Crippen molar-refractivity contribution in [3.05, 3.63) is 54.4 Å². The highest BCUT2D eigenvalue weighted by molar-refractivity contribution is 7.99. The van der Waals surface area contributed by atoms with Gasteiger partial charge in [0.25, 0.3) is 0 Å². The number of rotatable bonds is 8. The maximum absolute atomic E-state index is 4.39. The van der Waals surface area contributed by atoms with Crippen LogP contribution in [-0.2, 0) is 13.5 Å². The zero-order chi connectivity index (χ0) is 18.4. The van der Waals surface area contributed by atoms with Crippen molar-refractivity contribution in [1.29, 1.82) is 0 Å². The third-order valence-electron chi connectivity index (χ3n) is 4.46. The summed E-state index contributed by atoms with van der Waals surface area (Å²) in [5.74, 6) is 1.87. The summed E-state index contributed by atoms with van der Waals surface area (Å²) in [4.78, 5) is 6.39. The predicted octanol–water partition coefficient (Wildman–Crippen LogP) is 4.06. The molecule has 3 rings (SSSR count). The Balaban J connectivity index is 1.66. The van der Waals surface area contributed by atoms with Crippen LogP contribution in [-0.4, -0.2) is 38.6 Å². The number of anilines is 1. The molecule has 0 aliphatic heterocycles. The van der Waals surface area contributed by atoms with Gasteiger partial charge in [0.05, 0.1) is 0 Å². The molecule has 0 aliphatic carbocycles. The molecule has 0 radical (unpaired) electrons. The molecular formula is C20H25N5S. The summed E-state index contributed by atoms with van der Waals surface area (Å²) in [6.07, 6.45) is 4.67. The standard InChI is InChI=1S/C20H25N5S/c1-4-25(5-2)18-8-6-17(7-9-18)19-22-23-20(24(19)3)26-15-12-16-10-13-21-14-11-16/h6-11,13-14H,4-5,12,15H2,1-3H3. The van der Waals surface area contributed by atoms with Crippen molar-refractivity contribution in [3.63, 3.8) is 0 Å². The number of aromatic nitrogens is 4. The number of pyridine rings is 1. The molecule has 0 N–H and O–H groups in total. The third-order valence-corrected chi connectivity index (χ3v) is 5.48. The molecule has 0 bridgehead atoms. The van der Waals surface area contributed by atoms with E-state index in [0.717, 1.165) is 41.8 Å². The van der Waals surface area contributed by atoms with E-state index < -0.39 is 0 Å². The quantitative estimate of drug-likeness (QED) is 0.562. The van der Waals surface area contributed by atoms with Crippen molar-refractivity contribution in [2.45, 2.75) is 25.4 Å². The lowest BCUT2D eigenvalue weighted by Crippen LogP contribution is -2.21. The van der Waals surface area contributed by atoms with Gasteiger partial charge in [0.1, 0.15) is 0 Å². The first kappa shape index (κ1) is 18.5. The highest BCUT2D eigenvalue weighted by Gasteiger charge is 2.12. The van der Waals surface area contributed by atoms with Crippen molar-refractivity contribution in [2.24, 2.45) is 7.05 Å². The molecule has 0 unspecified atom stereocenters. The molecule has 0 atom stereocenters. The van der Waals surface area contributed by atoms with Crippen molar-refractivity contribution in [2.75, 3.05) is 23.7 Å². The molecule has 0 amide bonds. The Labute approximate surface area is 159 Å². The van der Waals surface area contributed by atoms with E-state index in [4.69, 9.17) is 0 Å². The summed E-state index contributed by atoms with van der Waals surface area (Å²) in [5.41, 5.74) is 3.63. The van der Waals surface area contributed by atoms with Gasteiger partial charge in [-0.05, 0) is 62.2 Å². The molecule has 6 heteroatoms. The normalized spacial score (nSPS) is 10.9. The van der Waals surface area contributed by atoms with Crippen molar-refractivity contribution >= 4 is 17.4 Å². The van der Waals surface area contributed by atoms with E-state index >= 15 is 0 Å².